The summed E-state index contributed by atoms with van der Waals surface area (Å²) in [5.41, 5.74) is 1.04. The lowest BCUT2D eigenvalue weighted by atomic mass is 9.90. The van der Waals surface area contributed by atoms with Crippen LogP contribution in [0.2, 0.25) is 0 Å². The molecule has 19 heavy (non-hydrogen) atoms. The molecule has 106 valence electrons. The van der Waals surface area contributed by atoms with Gasteiger partial charge in [-0.2, -0.15) is 0 Å². The van der Waals surface area contributed by atoms with E-state index in [1.807, 2.05) is 30.3 Å². The van der Waals surface area contributed by atoms with Gasteiger partial charge in [-0.25, -0.2) is 0 Å². The van der Waals surface area contributed by atoms with Crippen molar-refractivity contribution in [3.63, 3.8) is 0 Å². The Balaban J connectivity index is 2.14. The van der Waals surface area contributed by atoms with Gasteiger partial charge in [-0.15, -0.1) is 0 Å². The van der Waals surface area contributed by atoms with Crippen LogP contribution in [0.25, 0.3) is 0 Å². The molecule has 0 bridgehead atoms. The minimum Gasteiger partial charge on any atom is -0.387 e. The maximum atomic E-state index is 10.7. The van der Waals surface area contributed by atoms with E-state index in [-0.39, 0.29) is 12.1 Å². The molecular formula is C17H27NO. The van der Waals surface area contributed by atoms with E-state index in [0.717, 1.165) is 24.4 Å². The first-order valence-electron chi connectivity index (χ1n) is 7.62. The first-order chi connectivity index (χ1) is 9.13. The summed E-state index contributed by atoms with van der Waals surface area (Å²) in [6.07, 6.45) is 3.18. The molecule has 2 nitrogen and oxygen atoms in total. The third-order valence-corrected chi connectivity index (χ3v) is 4.52. The average molecular weight is 261 g/mol. The maximum absolute atomic E-state index is 10.7. The number of hydrogen-bond donors (Lipinski definition) is 1. The number of hydrogen-bond acceptors (Lipinski definition) is 2. The number of nitrogens with zero attached hydrogens (tertiary/aromatic N) is 1. The van der Waals surface area contributed by atoms with Crippen molar-refractivity contribution in [1.82, 2.24) is 4.90 Å². The lowest BCUT2D eigenvalue weighted by Crippen LogP contribution is -2.49. The van der Waals surface area contributed by atoms with Gasteiger partial charge in [-0.1, -0.05) is 44.2 Å². The highest BCUT2D eigenvalue weighted by atomic mass is 16.3. The lowest BCUT2D eigenvalue weighted by Gasteiger charge is -2.43. The van der Waals surface area contributed by atoms with Crippen LogP contribution >= 0.6 is 0 Å². The molecule has 1 aliphatic heterocycles. The van der Waals surface area contributed by atoms with E-state index in [1.165, 1.54) is 12.8 Å². The summed E-state index contributed by atoms with van der Waals surface area (Å²) in [5.74, 6) is 0.744. The summed E-state index contributed by atoms with van der Waals surface area (Å²) in [7, 11) is 0. The van der Waals surface area contributed by atoms with Crippen molar-refractivity contribution < 1.29 is 5.11 Å². The highest BCUT2D eigenvalue weighted by Gasteiger charge is 2.32. The lowest BCUT2D eigenvalue weighted by molar-refractivity contribution is -0.00321. The van der Waals surface area contributed by atoms with Crippen LogP contribution in [0.5, 0.6) is 0 Å². The van der Waals surface area contributed by atoms with Crippen LogP contribution in [0.15, 0.2) is 30.3 Å². The molecule has 0 aliphatic carbocycles. The zero-order valence-electron chi connectivity index (χ0n) is 12.4. The van der Waals surface area contributed by atoms with E-state index in [0.29, 0.717) is 6.04 Å². The molecule has 0 radical (unpaired) electrons. The minimum absolute atomic E-state index is 0.236. The molecule has 1 N–H and O–H groups in total. The van der Waals surface area contributed by atoms with Crippen LogP contribution < -0.4 is 0 Å². The largest absolute Gasteiger partial charge is 0.387 e. The highest BCUT2D eigenvalue weighted by Crippen LogP contribution is 2.30. The second kappa shape index (κ2) is 6.53. The number of likely N-dealkylation sites (tertiary alicyclic amines) is 1. The van der Waals surface area contributed by atoms with Crippen LogP contribution in [-0.2, 0) is 0 Å². The topological polar surface area (TPSA) is 23.5 Å². The van der Waals surface area contributed by atoms with Crippen LogP contribution in [0, 0.1) is 5.92 Å². The van der Waals surface area contributed by atoms with Gasteiger partial charge in [0.1, 0.15) is 0 Å². The van der Waals surface area contributed by atoms with Crippen LogP contribution in [0.4, 0.5) is 0 Å². The molecule has 1 aliphatic rings. The first kappa shape index (κ1) is 14.5. The molecule has 0 spiro atoms. The molecule has 2 heteroatoms. The standard InChI is InChI=1S/C17H27NO/c1-4-16(17(19)15-8-6-5-7-9-15)18-12-13(2)10-11-14(18)3/h5-9,13-14,16-17,19H,4,10-12H2,1-3H3. The molecule has 4 unspecified atom stereocenters. The fourth-order valence-electron chi connectivity index (χ4n) is 3.30. The summed E-state index contributed by atoms with van der Waals surface area (Å²) in [6, 6.07) is 10.9. The van der Waals surface area contributed by atoms with Crippen molar-refractivity contribution in [3.8, 4) is 0 Å². The van der Waals surface area contributed by atoms with E-state index >= 15 is 0 Å². The van der Waals surface area contributed by atoms with Gasteiger partial charge in [-0.3, -0.25) is 4.90 Å². The Kier molecular flexibility index (Phi) is 5.00. The van der Waals surface area contributed by atoms with Crippen molar-refractivity contribution >= 4 is 0 Å². The predicted molar refractivity (Wildman–Crippen MR) is 80.0 cm³/mol. The Morgan fingerprint density at radius 3 is 2.53 bits per heavy atom. The number of aliphatic hydroxyl groups excluding tert-OH is 1. The van der Waals surface area contributed by atoms with Crippen LogP contribution in [-0.4, -0.2) is 28.6 Å². The van der Waals surface area contributed by atoms with E-state index in [4.69, 9.17) is 0 Å². The van der Waals surface area contributed by atoms with Gasteiger partial charge in [0.25, 0.3) is 0 Å². The molecule has 4 atom stereocenters. The Hall–Kier alpha value is -0.860. The van der Waals surface area contributed by atoms with Crippen molar-refractivity contribution in [2.24, 2.45) is 5.92 Å². The summed E-state index contributed by atoms with van der Waals surface area (Å²) >= 11 is 0. The molecule has 1 heterocycles. The van der Waals surface area contributed by atoms with Crippen molar-refractivity contribution in [2.45, 2.75) is 58.2 Å². The molecule has 1 saturated heterocycles. The average Bonchev–Trinajstić information content (AvgIpc) is 2.44. The molecule has 1 aromatic rings. The second-order valence-electron chi connectivity index (χ2n) is 6.06. The summed E-state index contributed by atoms with van der Waals surface area (Å²) in [4.78, 5) is 2.52. The van der Waals surface area contributed by atoms with Gasteiger partial charge in [-0.05, 0) is 37.7 Å². The zero-order chi connectivity index (χ0) is 13.8. The minimum atomic E-state index is -0.376. The van der Waals surface area contributed by atoms with Crippen LogP contribution in [0.1, 0.15) is 51.7 Å². The van der Waals surface area contributed by atoms with Gasteiger partial charge < -0.3 is 5.11 Å². The van der Waals surface area contributed by atoms with E-state index < -0.39 is 0 Å². The molecule has 0 aromatic heterocycles. The third-order valence-electron chi connectivity index (χ3n) is 4.52. The Labute approximate surface area is 117 Å². The monoisotopic (exact) mass is 261 g/mol. The second-order valence-corrected chi connectivity index (χ2v) is 6.06. The molecule has 0 amide bonds. The molecule has 2 rings (SSSR count). The fraction of sp³-hybridized carbons (Fsp3) is 0.647. The van der Waals surface area contributed by atoms with Gasteiger partial charge in [0, 0.05) is 18.6 Å². The summed E-state index contributed by atoms with van der Waals surface area (Å²) in [6.45, 7) is 7.92. The summed E-state index contributed by atoms with van der Waals surface area (Å²) < 4.78 is 0. The summed E-state index contributed by atoms with van der Waals surface area (Å²) in [5, 5.41) is 10.7. The number of rotatable bonds is 4. The predicted octanol–water partition coefficient (Wildman–Crippen LogP) is 3.62. The zero-order valence-corrected chi connectivity index (χ0v) is 12.4. The number of benzene rings is 1. The maximum Gasteiger partial charge on any atom is 0.0945 e. The Morgan fingerprint density at radius 1 is 1.21 bits per heavy atom. The third kappa shape index (κ3) is 3.37. The van der Waals surface area contributed by atoms with Gasteiger partial charge in [0.15, 0.2) is 0 Å². The molecule has 1 aromatic carbocycles. The molecule has 0 saturated carbocycles. The first-order valence-corrected chi connectivity index (χ1v) is 7.62. The van der Waals surface area contributed by atoms with Gasteiger partial charge in [0.2, 0.25) is 0 Å². The van der Waals surface area contributed by atoms with Crippen molar-refractivity contribution in [2.75, 3.05) is 6.54 Å². The Morgan fingerprint density at radius 2 is 1.89 bits per heavy atom. The van der Waals surface area contributed by atoms with E-state index in [1.54, 1.807) is 0 Å². The van der Waals surface area contributed by atoms with Gasteiger partial charge in [0.05, 0.1) is 6.10 Å². The van der Waals surface area contributed by atoms with Crippen molar-refractivity contribution in [1.29, 1.82) is 0 Å². The fourth-order valence-corrected chi connectivity index (χ4v) is 3.30. The van der Waals surface area contributed by atoms with Crippen LogP contribution in [0.3, 0.4) is 0 Å². The molecule has 1 fully saturated rings. The number of aliphatic hydroxyl groups is 1. The van der Waals surface area contributed by atoms with Gasteiger partial charge >= 0.3 is 0 Å². The highest BCUT2D eigenvalue weighted by molar-refractivity contribution is 5.19. The molecular weight excluding hydrogens is 234 g/mol. The quantitative estimate of drug-likeness (QED) is 0.895. The SMILES string of the molecule is CCC(C(O)c1ccccc1)N1CC(C)CCC1C. The van der Waals surface area contributed by atoms with E-state index in [2.05, 4.69) is 25.7 Å². The smallest absolute Gasteiger partial charge is 0.0945 e. The van der Waals surface area contributed by atoms with E-state index in [9.17, 15) is 5.11 Å². The Bertz CT molecular complexity index is 378. The number of piperidine rings is 1. The van der Waals surface area contributed by atoms with Crippen molar-refractivity contribution in [3.05, 3.63) is 35.9 Å². The normalized spacial score (nSPS) is 28.0.